The van der Waals surface area contributed by atoms with Crippen molar-refractivity contribution in [2.75, 3.05) is 12.3 Å². The van der Waals surface area contributed by atoms with E-state index in [1.165, 1.54) is 12.3 Å². The number of rotatable bonds is 9. The zero-order chi connectivity index (χ0) is 20.1. The number of hydrogen-bond donors (Lipinski definition) is 3. The van der Waals surface area contributed by atoms with Crippen molar-refractivity contribution in [3.05, 3.63) is 29.8 Å². The first-order valence-corrected chi connectivity index (χ1v) is 11.3. The third-order valence-electron chi connectivity index (χ3n) is 5.26. The van der Waals surface area contributed by atoms with Gasteiger partial charge in [0.05, 0.1) is 18.1 Å². The van der Waals surface area contributed by atoms with E-state index in [-0.39, 0.29) is 17.3 Å². The number of aromatic nitrogens is 1. The maximum absolute atomic E-state index is 13.2. The van der Waals surface area contributed by atoms with Gasteiger partial charge < -0.3 is 10.4 Å². The second-order valence-corrected chi connectivity index (χ2v) is 10.2. The lowest BCUT2D eigenvalue weighted by Gasteiger charge is -2.35. The molecule has 27 heavy (non-hydrogen) atoms. The Morgan fingerprint density at radius 3 is 2.56 bits per heavy atom. The summed E-state index contributed by atoms with van der Waals surface area (Å²) in [5.41, 5.74) is 0.282. The molecule has 154 valence electrons. The zero-order valence-corrected chi connectivity index (χ0v) is 17.2. The summed E-state index contributed by atoms with van der Waals surface area (Å²) in [6.07, 6.45) is 6.40. The van der Waals surface area contributed by atoms with E-state index in [0.29, 0.717) is 18.0 Å². The minimum absolute atomic E-state index is 0.0459. The summed E-state index contributed by atoms with van der Waals surface area (Å²) in [7, 11) is -3.14. The predicted octanol–water partition coefficient (Wildman–Crippen LogP) is 2.51. The molecule has 0 aromatic carbocycles. The molecule has 0 saturated heterocycles. The Balaban J connectivity index is 1.78. The summed E-state index contributed by atoms with van der Waals surface area (Å²) in [5, 5.41) is 13.6. The summed E-state index contributed by atoms with van der Waals surface area (Å²) in [6.45, 7) is 6.16. The van der Waals surface area contributed by atoms with Gasteiger partial charge in [0.2, 0.25) is 10.0 Å². The predicted molar refractivity (Wildman–Crippen MR) is 104 cm³/mol. The van der Waals surface area contributed by atoms with Gasteiger partial charge in [-0.3, -0.25) is 4.98 Å². The molecule has 1 atom stereocenters. The quantitative estimate of drug-likeness (QED) is 0.591. The fraction of sp³-hybridized carbons (Fsp3) is 0.737. The summed E-state index contributed by atoms with van der Waals surface area (Å²) in [5.74, 6) is 0.177. The third-order valence-corrected chi connectivity index (χ3v) is 6.71. The zero-order valence-electron chi connectivity index (χ0n) is 16.4. The Kier molecular flexibility index (Phi) is 7.73. The highest BCUT2D eigenvalue weighted by Gasteiger charge is 2.29. The Labute approximate surface area is 162 Å². The molecule has 0 amide bonds. The van der Waals surface area contributed by atoms with Gasteiger partial charge in [-0.25, -0.2) is 17.5 Å². The van der Waals surface area contributed by atoms with Crippen LogP contribution in [0.2, 0.25) is 0 Å². The molecule has 1 saturated carbocycles. The van der Waals surface area contributed by atoms with E-state index >= 15 is 0 Å². The summed E-state index contributed by atoms with van der Waals surface area (Å²) >= 11 is 0. The van der Waals surface area contributed by atoms with Gasteiger partial charge in [-0.05, 0) is 64.9 Å². The van der Waals surface area contributed by atoms with Crippen molar-refractivity contribution in [2.24, 2.45) is 5.92 Å². The lowest BCUT2D eigenvalue weighted by Crippen LogP contribution is -2.44. The normalized spacial score (nSPS) is 22.6. The second kappa shape index (κ2) is 9.41. The smallest absolute Gasteiger partial charge is 0.211 e. The molecule has 0 aliphatic heterocycles. The fourth-order valence-corrected chi connectivity index (χ4v) is 4.63. The molecule has 3 N–H and O–H groups in total. The minimum atomic E-state index is -3.14. The number of halogens is 1. The molecular weight excluding hydrogens is 369 g/mol. The average molecular weight is 402 g/mol. The van der Waals surface area contributed by atoms with Crippen LogP contribution in [0.15, 0.2) is 18.5 Å². The standard InChI is InChI=1S/C19H32FN3O3S/c1-4-27(25,26)23-17-7-5-14(6-8-17)10-19(2,3)22-13-18(24)15-9-16(20)12-21-11-15/h9,11-12,14,17-18,22-24H,4-8,10,13H2,1-3H3/t14-,17+,18-/m0/s1. The fourth-order valence-electron chi connectivity index (χ4n) is 3.72. The molecule has 0 radical (unpaired) electrons. The van der Waals surface area contributed by atoms with Gasteiger partial charge >= 0.3 is 0 Å². The van der Waals surface area contributed by atoms with Gasteiger partial charge in [0.1, 0.15) is 5.82 Å². The molecule has 1 aliphatic carbocycles. The number of nitrogens with one attached hydrogen (secondary N) is 2. The van der Waals surface area contributed by atoms with Crippen molar-refractivity contribution in [1.29, 1.82) is 0 Å². The van der Waals surface area contributed by atoms with E-state index in [1.807, 2.05) is 0 Å². The monoisotopic (exact) mass is 401 g/mol. The molecule has 1 heterocycles. The van der Waals surface area contributed by atoms with Gasteiger partial charge in [0, 0.05) is 29.9 Å². The molecule has 1 aromatic heterocycles. The van der Waals surface area contributed by atoms with E-state index in [2.05, 4.69) is 28.9 Å². The van der Waals surface area contributed by atoms with E-state index in [1.54, 1.807) is 6.92 Å². The van der Waals surface area contributed by atoms with Gasteiger partial charge in [-0.15, -0.1) is 0 Å². The molecule has 8 heteroatoms. The van der Waals surface area contributed by atoms with Crippen LogP contribution in [0, 0.1) is 11.7 Å². The van der Waals surface area contributed by atoms with Crippen LogP contribution in [0.4, 0.5) is 4.39 Å². The Morgan fingerprint density at radius 1 is 1.30 bits per heavy atom. The Morgan fingerprint density at radius 2 is 1.96 bits per heavy atom. The van der Waals surface area contributed by atoms with Crippen LogP contribution in [-0.4, -0.2) is 42.4 Å². The molecule has 0 unspecified atom stereocenters. The van der Waals surface area contributed by atoms with Crippen molar-refractivity contribution in [3.8, 4) is 0 Å². The summed E-state index contributed by atoms with van der Waals surface area (Å²) in [4.78, 5) is 3.77. The first-order chi connectivity index (χ1) is 12.6. The molecule has 2 rings (SSSR count). The van der Waals surface area contributed by atoms with E-state index < -0.39 is 21.9 Å². The van der Waals surface area contributed by atoms with Gasteiger partial charge in [-0.2, -0.15) is 0 Å². The second-order valence-electron chi connectivity index (χ2n) is 8.16. The molecule has 6 nitrogen and oxygen atoms in total. The highest BCUT2D eigenvalue weighted by Crippen LogP contribution is 2.31. The van der Waals surface area contributed by atoms with Crippen LogP contribution < -0.4 is 10.0 Å². The molecular formula is C19H32FN3O3S. The molecule has 1 aliphatic rings. The maximum atomic E-state index is 13.2. The summed E-state index contributed by atoms with van der Waals surface area (Å²) < 4.78 is 39.4. The number of nitrogens with zero attached hydrogens (tertiary/aromatic N) is 1. The lowest BCUT2D eigenvalue weighted by molar-refractivity contribution is 0.149. The van der Waals surface area contributed by atoms with Crippen LogP contribution in [0.25, 0.3) is 0 Å². The van der Waals surface area contributed by atoms with Crippen molar-refractivity contribution < 1.29 is 17.9 Å². The van der Waals surface area contributed by atoms with Crippen LogP contribution in [0.3, 0.4) is 0 Å². The van der Waals surface area contributed by atoms with Crippen molar-refractivity contribution in [1.82, 2.24) is 15.0 Å². The van der Waals surface area contributed by atoms with E-state index in [9.17, 15) is 17.9 Å². The minimum Gasteiger partial charge on any atom is -0.387 e. The van der Waals surface area contributed by atoms with Gasteiger partial charge in [-0.1, -0.05) is 0 Å². The topological polar surface area (TPSA) is 91.3 Å². The lowest BCUT2D eigenvalue weighted by atomic mass is 9.79. The van der Waals surface area contributed by atoms with Gasteiger partial charge in [0.15, 0.2) is 0 Å². The number of hydrogen-bond acceptors (Lipinski definition) is 5. The maximum Gasteiger partial charge on any atom is 0.211 e. The molecule has 0 spiro atoms. The third kappa shape index (κ3) is 7.44. The van der Waals surface area contributed by atoms with Crippen LogP contribution >= 0.6 is 0 Å². The first-order valence-electron chi connectivity index (χ1n) is 9.64. The van der Waals surface area contributed by atoms with Crippen LogP contribution in [-0.2, 0) is 10.0 Å². The number of aliphatic hydroxyl groups is 1. The van der Waals surface area contributed by atoms with Crippen LogP contribution in [0.1, 0.15) is 64.5 Å². The number of β-amino-alcohol motifs (C(OH)–C–C–N with tert-alkyl or cyclic N) is 1. The SMILES string of the molecule is CCS(=O)(=O)N[C@H]1CC[C@@H](CC(C)(C)NC[C@H](O)c2cncc(F)c2)CC1. The molecule has 1 fully saturated rings. The van der Waals surface area contributed by atoms with Crippen molar-refractivity contribution >= 4 is 10.0 Å². The highest BCUT2D eigenvalue weighted by atomic mass is 32.2. The first kappa shape index (κ1) is 22.2. The average Bonchev–Trinajstić information content (AvgIpc) is 2.61. The van der Waals surface area contributed by atoms with E-state index in [0.717, 1.165) is 38.3 Å². The molecule has 0 bridgehead atoms. The number of pyridine rings is 1. The largest absolute Gasteiger partial charge is 0.387 e. The number of sulfonamides is 1. The Bertz CT molecular complexity index is 704. The highest BCUT2D eigenvalue weighted by molar-refractivity contribution is 7.89. The van der Waals surface area contributed by atoms with Crippen molar-refractivity contribution in [2.45, 2.75) is 70.6 Å². The Hall–Kier alpha value is -1.09. The summed E-state index contributed by atoms with van der Waals surface area (Å²) in [6, 6.07) is 1.34. The molecule has 1 aromatic rings. The van der Waals surface area contributed by atoms with Crippen LogP contribution in [0.5, 0.6) is 0 Å². The van der Waals surface area contributed by atoms with E-state index in [4.69, 9.17) is 0 Å². The van der Waals surface area contributed by atoms with Gasteiger partial charge in [0.25, 0.3) is 0 Å². The van der Waals surface area contributed by atoms with Crippen molar-refractivity contribution in [3.63, 3.8) is 0 Å². The number of aliphatic hydroxyl groups excluding tert-OH is 1.